The number of carboxylic acids is 2. The summed E-state index contributed by atoms with van der Waals surface area (Å²) in [5.74, 6) is -16.1. The molecule has 2 aromatic rings. The Hall–Kier alpha value is -10.5. The second kappa shape index (κ2) is 43.1. The van der Waals surface area contributed by atoms with Gasteiger partial charge in [0.1, 0.15) is 72.5 Å². The van der Waals surface area contributed by atoms with Crippen molar-refractivity contribution in [1.29, 1.82) is 0 Å². The number of aryl methyl sites for hydroxylation is 1. The van der Waals surface area contributed by atoms with Crippen LogP contribution in [0.1, 0.15) is 142 Å². The number of fused-ring (bicyclic) bond motifs is 2. The van der Waals surface area contributed by atoms with Gasteiger partial charge in [-0.05, 0) is 108 Å². The number of carbonyl (C=O) groups excluding carboxylic acids is 13. The molecule has 22 N–H and O–H groups in total. The summed E-state index contributed by atoms with van der Waals surface area (Å²) in [7, 11) is 0. The van der Waals surface area contributed by atoms with Crippen LogP contribution in [0.15, 0.2) is 41.5 Å². The van der Waals surface area contributed by atoms with Crippen molar-refractivity contribution in [3.05, 3.63) is 47.8 Å². The third kappa shape index (κ3) is 25.3. The normalized spacial score (nSPS) is 24.9. The Morgan fingerprint density at radius 2 is 1.21 bits per heavy atom. The number of aliphatic hydroxyl groups excluding tert-OH is 2. The molecule has 0 spiro atoms. The van der Waals surface area contributed by atoms with Gasteiger partial charge in [-0.15, -0.1) is 5.10 Å². The predicted molar refractivity (Wildman–Crippen MR) is 391 cm³/mol. The maximum Gasteiger partial charge on any atom is 0.326 e. The highest BCUT2D eigenvalue weighted by molar-refractivity contribution is 6.00. The highest BCUT2D eigenvalue weighted by Gasteiger charge is 2.47. The second-order valence-corrected chi connectivity index (χ2v) is 28.3. The molecule has 608 valence electrons. The summed E-state index contributed by atoms with van der Waals surface area (Å²) in [6.45, 7) is 6.17. The van der Waals surface area contributed by atoms with Crippen LogP contribution in [-0.2, 0) is 91.3 Å². The van der Waals surface area contributed by atoms with Gasteiger partial charge in [-0.3, -0.25) is 72.1 Å². The summed E-state index contributed by atoms with van der Waals surface area (Å²) in [6, 6.07) is -10.8. The number of amides is 13. The number of nitrogens with two attached hydrogens (primary N) is 4. The van der Waals surface area contributed by atoms with E-state index in [1.54, 1.807) is 58.0 Å². The van der Waals surface area contributed by atoms with E-state index in [1.807, 2.05) is 0 Å². The Balaban J connectivity index is 1.34. The molecule has 5 heterocycles. The average molecular weight is 1550 g/mol. The van der Waals surface area contributed by atoms with E-state index in [1.165, 1.54) is 25.6 Å². The molecule has 16 atom stereocenters. The molecule has 0 unspecified atom stereocenters. The van der Waals surface area contributed by atoms with E-state index in [9.17, 15) is 92.3 Å². The molecule has 4 saturated heterocycles. The van der Waals surface area contributed by atoms with Crippen molar-refractivity contribution in [2.45, 2.75) is 235 Å². The number of aromatic nitrogens is 3. The first-order valence-electron chi connectivity index (χ1n) is 37.4. The molecular weight excluding hydrogens is 1440 g/mol. The minimum absolute atomic E-state index is 0.00888. The van der Waals surface area contributed by atoms with Gasteiger partial charge in [0.05, 0.1) is 43.6 Å². The number of guanidine groups is 1. The number of hydrogen-bond donors (Lipinski definition) is 18. The summed E-state index contributed by atoms with van der Waals surface area (Å²) in [4.78, 5) is 219. The van der Waals surface area contributed by atoms with Crippen LogP contribution in [0, 0.1) is 11.8 Å². The van der Waals surface area contributed by atoms with Gasteiger partial charge in [0.2, 0.25) is 76.8 Å². The lowest BCUT2D eigenvalue weighted by molar-refractivity contribution is -0.149. The van der Waals surface area contributed by atoms with Crippen LogP contribution in [0.25, 0.3) is 0 Å². The van der Waals surface area contributed by atoms with Crippen molar-refractivity contribution in [2.24, 2.45) is 39.8 Å². The van der Waals surface area contributed by atoms with Crippen LogP contribution >= 0.6 is 0 Å². The third-order valence-corrected chi connectivity index (χ3v) is 20.2. The number of carbonyl (C=O) groups is 15. The second-order valence-electron chi connectivity index (χ2n) is 28.3. The van der Waals surface area contributed by atoms with Crippen molar-refractivity contribution in [3.8, 4) is 0 Å². The highest BCUT2D eigenvalue weighted by atomic mass is 16.4. The summed E-state index contributed by atoms with van der Waals surface area (Å²) in [5, 5.41) is 74.5. The number of hydrogen-bond acceptors (Lipinski definition) is 22. The smallest absolute Gasteiger partial charge is 0.326 e. The zero-order valence-electron chi connectivity index (χ0n) is 62.7. The number of unbranched alkanes of at least 4 members (excludes halogenated alkanes) is 1. The van der Waals surface area contributed by atoms with Gasteiger partial charge in [0.25, 0.3) is 0 Å². The van der Waals surface area contributed by atoms with Gasteiger partial charge in [-0.1, -0.05) is 76.1 Å². The number of benzene rings is 1. The predicted octanol–water partition coefficient (Wildman–Crippen LogP) is -6.55. The van der Waals surface area contributed by atoms with Crippen LogP contribution in [0.5, 0.6) is 0 Å². The maximum atomic E-state index is 15.0. The van der Waals surface area contributed by atoms with Crippen molar-refractivity contribution in [1.82, 2.24) is 82.9 Å². The molecule has 4 fully saturated rings. The molecule has 4 aliphatic rings. The lowest BCUT2D eigenvalue weighted by Crippen LogP contribution is -2.62. The van der Waals surface area contributed by atoms with E-state index < -0.39 is 211 Å². The van der Waals surface area contributed by atoms with Crippen LogP contribution in [0.3, 0.4) is 0 Å². The van der Waals surface area contributed by atoms with Crippen molar-refractivity contribution < 1.29 is 92.3 Å². The molecule has 40 heteroatoms. The first-order chi connectivity index (χ1) is 52.3. The number of carboxylic acid groups (broad SMARTS) is 2. The van der Waals surface area contributed by atoms with E-state index in [0.717, 1.165) is 6.92 Å². The lowest BCUT2D eigenvalue weighted by atomic mass is 9.96. The number of likely N-dealkylation sites (tertiary alicyclic amines) is 1. The molecule has 13 amide bonds. The van der Waals surface area contributed by atoms with Gasteiger partial charge in [0, 0.05) is 45.6 Å². The molecule has 40 nitrogen and oxygen atoms in total. The van der Waals surface area contributed by atoms with E-state index in [2.05, 4.69) is 68.5 Å². The lowest BCUT2D eigenvalue weighted by Gasteiger charge is -2.35. The van der Waals surface area contributed by atoms with Crippen LogP contribution in [0.4, 0.5) is 0 Å². The summed E-state index contributed by atoms with van der Waals surface area (Å²) < 4.78 is 1.22. The maximum absolute atomic E-state index is 15.0. The average Bonchev–Trinajstić information content (AvgIpc) is 1.57. The van der Waals surface area contributed by atoms with E-state index in [0.29, 0.717) is 37.7 Å². The van der Waals surface area contributed by atoms with Gasteiger partial charge in [-0.25, -0.2) is 9.48 Å². The van der Waals surface area contributed by atoms with Gasteiger partial charge < -0.3 is 111 Å². The quantitative estimate of drug-likeness (QED) is 0.0205. The first kappa shape index (κ1) is 88.4. The minimum Gasteiger partial charge on any atom is -0.481 e. The number of aliphatic carboxylic acids is 2. The first-order valence-corrected chi connectivity index (χ1v) is 37.4. The Morgan fingerprint density at radius 3 is 1.84 bits per heavy atom. The Labute approximate surface area is 636 Å². The van der Waals surface area contributed by atoms with E-state index >= 15 is 0 Å². The molecule has 1 aromatic carbocycles. The Morgan fingerprint density at radius 1 is 0.636 bits per heavy atom. The fourth-order valence-corrected chi connectivity index (χ4v) is 13.5. The summed E-state index contributed by atoms with van der Waals surface area (Å²) >= 11 is 0. The fraction of sp³-hybridized carbons (Fsp3) is 0.657. The molecule has 0 bridgehead atoms. The van der Waals surface area contributed by atoms with Crippen LogP contribution < -0.4 is 76.1 Å². The van der Waals surface area contributed by atoms with Crippen molar-refractivity contribution in [2.75, 3.05) is 45.9 Å². The fourth-order valence-electron chi connectivity index (χ4n) is 13.5. The molecule has 110 heavy (non-hydrogen) atoms. The van der Waals surface area contributed by atoms with Gasteiger partial charge in [0.15, 0.2) is 5.96 Å². The number of aliphatic imine (C=N–C) groups is 1. The van der Waals surface area contributed by atoms with E-state index in [4.69, 9.17) is 22.9 Å². The highest BCUT2D eigenvalue weighted by Crippen LogP contribution is 2.28. The zero-order valence-corrected chi connectivity index (χ0v) is 62.7. The number of nitrogens with zero attached hydrogens (tertiary/aromatic N) is 7. The molecular formula is C70H109N21O19. The van der Waals surface area contributed by atoms with Crippen LogP contribution in [0.2, 0.25) is 0 Å². The largest absolute Gasteiger partial charge is 0.481 e. The molecule has 4 aliphatic heterocycles. The number of aliphatic hydroxyl groups is 2. The Kier molecular flexibility index (Phi) is 34.6. The topological polar surface area (TPSA) is 614 Å². The summed E-state index contributed by atoms with van der Waals surface area (Å²) in [5.41, 5.74) is 24.3. The zero-order chi connectivity index (χ0) is 81.1. The number of rotatable bonds is 29. The van der Waals surface area contributed by atoms with Gasteiger partial charge in [-0.2, -0.15) is 0 Å². The third-order valence-electron chi connectivity index (χ3n) is 20.2. The molecule has 6 rings (SSSR count). The van der Waals surface area contributed by atoms with E-state index in [-0.39, 0.29) is 115 Å². The molecule has 0 aliphatic carbocycles. The van der Waals surface area contributed by atoms with Gasteiger partial charge >= 0.3 is 11.9 Å². The number of nitrogens with one attached hydrogen (secondary N) is 10. The monoisotopic (exact) mass is 1550 g/mol. The van der Waals surface area contributed by atoms with Crippen LogP contribution in [-0.4, -0.2) is 275 Å². The Bertz CT molecular complexity index is 3600. The molecule has 0 saturated carbocycles. The van der Waals surface area contributed by atoms with Crippen molar-refractivity contribution >= 4 is 94.7 Å². The molecule has 1 aromatic heterocycles. The minimum atomic E-state index is -1.94. The standard InChI is InChI=1S/C70H109N21O19/c1-6-37(3)54-64(104)76-35-52(94)78-43(20-13-26-75-70(73)74)58(98)79-45(24-30-91-41(34-77-87-91)32-42(72)57(97)81-46(31-40-17-9-8-10-18-40)66(106)88-27-14-21-49(88)62(102)82-47(69(109)110)33-53(95)96)60(100)86-56(39(5)93)65(105)80-44(19-11-12-25-71)59(99)83-48(36-92)61(101)85-55(38(4)7-2)68(108)90-29-16-23-51(90)67(107)89-28-15-22-50(89)63(103)84-54/h8-10,17-18,34,37-39,42-51,54-56,92-93H,6-7,11-16,19-33,35-36,71-72H2,1-5H3,(H,76,104)(H,78,94)(H,79,98)(H,80,105)(H,81,97)(H,82,102)(H,83,99)(H,84,103)(H,85,101)(H,86,100)(H,95,96)(H,109,110)(H4,73,74,75)/t37-,38-,39+,42-,43-,44-,45-,46-,47-,48-,49-,50-,51-,54-,55-,56-/m0/s1. The molecule has 0 radical (unpaired) electrons. The SMILES string of the molecule is CC[C@H](C)[C@@H]1NC(=O)[C@@H]2CCCN2C(=O)[C@@H]2CCCN2C(=O)[C@H]([C@@H](C)CC)NC(=O)[C@H](CO)NC(=O)[C@H](CCCCN)NC(=O)[C@H]([C@@H](C)O)NC(=O)[C@H](CCn2nncc2C[C@H](N)C(=O)N[C@@H](Cc2ccccc2)C(=O)N2CCC[C@H]2C(=O)N[C@@H](CC(=O)O)C(=O)O)NC(=O)[C@H](CCCN=C(N)N)NC(=O)CNC1=O. The van der Waals surface area contributed by atoms with Crippen molar-refractivity contribution in [3.63, 3.8) is 0 Å². The summed E-state index contributed by atoms with van der Waals surface area (Å²) in [6.07, 6.45) is -0.0775.